The first kappa shape index (κ1) is 22.3. The van der Waals surface area contributed by atoms with E-state index in [1.807, 2.05) is 35.2 Å². The first-order valence-electron chi connectivity index (χ1n) is 11.6. The number of benzene rings is 2. The molecular formula is C26H32FN3O2. The van der Waals surface area contributed by atoms with Gasteiger partial charge < -0.3 is 15.1 Å². The summed E-state index contributed by atoms with van der Waals surface area (Å²) in [4.78, 5) is 29.9. The number of rotatable bonds is 7. The summed E-state index contributed by atoms with van der Waals surface area (Å²) in [5.41, 5.74) is 1.85. The lowest BCUT2D eigenvalue weighted by Gasteiger charge is -2.38. The molecule has 6 heteroatoms. The molecule has 2 aromatic rings. The van der Waals surface area contributed by atoms with Crippen LogP contribution < -0.4 is 10.2 Å². The van der Waals surface area contributed by atoms with Crippen molar-refractivity contribution in [1.29, 1.82) is 0 Å². The summed E-state index contributed by atoms with van der Waals surface area (Å²) < 4.78 is 13.2. The first-order valence-corrected chi connectivity index (χ1v) is 11.6. The molecule has 0 spiro atoms. The molecule has 1 aliphatic heterocycles. The molecule has 32 heavy (non-hydrogen) atoms. The van der Waals surface area contributed by atoms with E-state index in [-0.39, 0.29) is 23.0 Å². The molecule has 0 atom stereocenters. The van der Waals surface area contributed by atoms with Gasteiger partial charge in [-0.15, -0.1) is 0 Å². The summed E-state index contributed by atoms with van der Waals surface area (Å²) >= 11 is 0. The molecule has 0 radical (unpaired) electrons. The largest absolute Gasteiger partial charge is 0.368 e. The quantitative estimate of drug-likeness (QED) is 0.709. The van der Waals surface area contributed by atoms with Crippen molar-refractivity contribution in [3.63, 3.8) is 0 Å². The third kappa shape index (κ3) is 5.67. The van der Waals surface area contributed by atoms with Crippen molar-refractivity contribution in [3.05, 3.63) is 66.0 Å². The summed E-state index contributed by atoms with van der Waals surface area (Å²) in [6.45, 7) is 3.32. The monoisotopic (exact) mass is 437 g/mol. The Morgan fingerprint density at radius 1 is 0.875 bits per heavy atom. The van der Waals surface area contributed by atoms with Gasteiger partial charge in [0, 0.05) is 51.3 Å². The van der Waals surface area contributed by atoms with Crippen LogP contribution in [0.25, 0.3) is 0 Å². The summed E-state index contributed by atoms with van der Waals surface area (Å²) in [5, 5.41) is 3.03. The minimum atomic E-state index is -0.239. The Morgan fingerprint density at radius 2 is 1.53 bits per heavy atom. The van der Waals surface area contributed by atoms with E-state index in [2.05, 4.69) is 10.2 Å². The van der Waals surface area contributed by atoms with Gasteiger partial charge in [-0.25, -0.2) is 4.39 Å². The Balaban J connectivity index is 1.29. The van der Waals surface area contributed by atoms with Gasteiger partial charge >= 0.3 is 0 Å². The van der Waals surface area contributed by atoms with Crippen LogP contribution in [0.15, 0.2) is 54.6 Å². The minimum Gasteiger partial charge on any atom is -0.368 e. The summed E-state index contributed by atoms with van der Waals surface area (Å²) in [6, 6.07) is 16.4. The van der Waals surface area contributed by atoms with E-state index in [0.717, 1.165) is 50.0 Å². The molecule has 1 saturated heterocycles. The van der Waals surface area contributed by atoms with E-state index in [4.69, 9.17) is 0 Å². The molecule has 0 bridgehead atoms. The SMILES string of the molecule is O=C(CC1(CC(=O)N2CCN(c3ccc(F)cc3)CC2)CCCC1)NCc1ccccc1. The van der Waals surface area contributed by atoms with Gasteiger partial charge in [0.25, 0.3) is 0 Å². The Morgan fingerprint density at radius 3 is 2.19 bits per heavy atom. The van der Waals surface area contributed by atoms with Crippen LogP contribution in [-0.4, -0.2) is 42.9 Å². The van der Waals surface area contributed by atoms with E-state index < -0.39 is 0 Å². The molecule has 2 amide bonds. The molecule has 5 nitrogen and oxygen atoms in total. The van der Waals surface area contributed by atoms with Gasteiger partial charge in [0.05, 0.1) is 0 Å². The van der Waals surface area contributed by atoms with E-state index in [9.17, 15) is 14.0 Å². The fourth-order valence-electron chi connectivity index (χ4n) is 5.04. The van der Waals surface area contributed by atoms with Crippen molar-refractivity contribution < 1.29 is 14.0 Å². The van der Waals surface area contributed by atoms with Crippen molar-refractivity contribution in [2.45, 2.75) is 45.1 Å². The van der Waals surface area contributed by atoms with Gasteiger partial charge in [-0.2, -0.15) is 0 Å². The fourth-order valence-corrected chi connectivity index (χ4v) is 5.04. The lowest BCUT2D eigenvalue weighted by molar-refractivity contribution is -0.135. The Labute approximate surface area is 189 Å². The van der Waals surface area contributed by atoms with Gasteiger partial charge in [-0.1, -0.05) is 43.2 Å². The normalized spacial score (nSPS) is 17.9. The van der Waals surface area contributed by atoms with E-state index >= 15 is 0 Å². The summed E-state index contributed by atoms with van der Waals surface area (Å²) in [5.74, 6) is -0.0524. The number of carbonyl (C=O) groups excluding carboxylic acids is 2. The maximum atomic E-state index is 13.2. The first-order chi connectivity index (χ1) is 15.5. The van der Waals surface area contributed by atoms with Crippen LogP contribution in [0.5, 0.6) is 0 Å². The molecular weight excluding hydrogens is 405 g/mol. The van der Waals surface area contributed by atoms with Crippen molar-refractivity contribution >= 4 is 17.5 Å². The molecule has 1 saturated carbocycles. The number of anilines is 1. The predicted molar refractivity (Wildman–Crippen MR) is 124 cm³/mol. The molecule has 0 unspecified atom stereocenters. The highest BCUT2D eigenvalue weighted by atomic mass is 19.1. The molecule has 4 rings (SSSR count). The Hall–Kier alpha value is -2.89. The summed E-state index contributed by atoms with van der Waals surface area (Å²) in [7, 11) is 0. The maximum Gasteiger partial charge on any atom is 0.223 e. The van der Waals surface area contributed by atoms with Crippen molar-refractivity contribution in [3.8, 4) is 0 Å². The second-order valence-electron chi connectivity index (χ2n) is 9.17. The van der Waals surface area contributed by atoms with Crippen LogP contribution in [0.2, 0.25) is 0 Å². The van der Waals surface area contributed by atoms with Crippen LogP contribution >= 0.6 is 0 Å². The zero-order valence-corrected chi connectivity index (χ0v) is 18.6. The number of nitrogens with zero attached hydrogens (tertiary/aromatic N) is 2. The minimum absolute atomic E-state index is 0.0321. The third-order valence-electron chi connectivity index (χ3n) is 6.88. The second-order valence-corrected chi connectivity index (χ2v) is 9.17. The van der Waals surface area contributed by atoms with Crippen LogP contribution in [0, 0.1) is 11.2 Å². The number of amides is 2. The highest BCUT2D eigenvalue weighted by molar-refractivity contribution is 5.80. The fraction of sp³-hybridized carbons (Fsp3) is 0.462. The average Bonchev–Trinajstić information content (AvgIpc) is 3.26. The number of carbonyl (C=O) groups is 2. The van der Waals surface area contributed by atoms with Crippen LogP contribution in [0.1, 0.15) is 44.1 Å². The van der Waals surface area contributed by atoms with Crippen LogP contribution in [0.4, 0.5) is 10.1 Å². The van der Waals surface area contributed by atoms with E-state index in [0.29, 0.717) is 32.5 Å². The molecule has 0 aromatic heterocycles. The number of hydrogen-bond acceptors (Lipinski definition) is 3. The molecule has 1 heterocycles. The van der Waals surface area contributed by atoms with Crippen molar-refractivity contribution in [2.24, 2.45) is 5.41 Å². The summed E-state index contributed by atoms with van der Waals surface area (Å²) in [6.07, 6.45) is 4.90. The smallest absolute Gasteiger partial charge is 0.223 e. The predicted octanol–water partition coefficient (Wildman–Crippen LogP) is 4.13. The number of halogens is 1. The number of piperazine rings is 1. The molecule has 2 aromatic carbocycles. The van der Waals surface area contributed by atoms with E-state index in [1.165, 1.54) is 12.1 Å². The zero-order valence-electron chi connectivity index (χ0n) is 18.6. The van der Waals surface area contributed by atoms with Gasteiger partial charge in [-0.05, 0) is 48.1 Å². The highest BCUT2D eigenvalue weighted by Crippen LogP contribution is 2.44. The van der Waals surface area contributed by atoms with Crippen LogP contribution in [-0.2, 0) is 16.1 Å². The molecule has 1 aliphatic carbocycles. The number of hydrogen-bond donors (Lipinski definition) is 1. The van der Waals surface area contributed by atoms with Gasteiger partial charge in [-0.3, -0.25) is 9.59 Å². The van der Waals surface area contributed by atoms with Gasteiger partial charge in [0.15, 0.2) is 0 Å². The Bertz CT molecular complexity index is 902. The second kappa shape index (κ2) is 10.2. The average molecular weight is 438 g/mol. The van der Waals surface area contributed by atoms with Crippen molar-refractivity contribution in [1.82, 2.24) is 10.2 Å². The van der Waals surface area contributed by atoms with Gasteiger partial charge in [0.2, 0.25) is 11.8 Å². The van der Waals surface area contributed by atoms with E-state index in [1.54, 1.807) is 12.1 Å². The van der Waals surface area contributed by atoms with Crippen LogP contribution in [0.3, 0.4) is 0 Å². The molecule has 2 fully saturated rings. The number of nitrogens with one attached hydrogen (secondary N) is 1. The molecule has 2 aliphatic rings. The Kier molecular flexibility index (Phi) is 7.08. The third-order valence-corrected chi connectivity index (χ3v) is 6.88. The van der Waals surface area contributed by atoms with Gasteiger partial charge in [0.1, 0.15) is 5.82 Å². The molecule has 170 valence electrons. The standard InChI is InChI=1S/C26H32FN3O2/c27-22-8-10-23(11-9-22)29-14-16-30(17-15-29)25(32)19-26(12-4-5-13-26)18-24(31)28-20-21-6-2-1-3-7-21/h1-3,6-11H,4-5,12-20H2,(H,28,31). The highest BCUT2D eigenvalue weighted by Gasteiger charge is 2.39. The lowest BCUT2D eigenvalue weighted by atomic mass is 9.78. The van der Waals surface area contributed by atoms with Crippen molar-refractivity contribution in [2.75, 3.05) is 31.1 Å². The zero-order chi connectivity index (χ0) is 22.4. The maximum absolute atomic E-state index is 13.2. The topological polar surface area (TPSA) is 52.7 Å². The molecule has 1 N–H and O–H groups in total. The lowest BCUT2D eigenvalue weighted by Crippen LogP contribution is -2.49.